The van der Waals surface area contributed by atoms with Crippen LogP contribution in [-0.2, 0) is 17.4 Å². The van der Waals surface area contributed by atoms with Crippen molar-refractivity contribution >= 4 is 23.0 Å². The first-order valence-corrected chi connectivity index (χ1v) is 8.14. The molecule has 0 aromatic heterocycles. The minimum atomic E-state index is -4.91. The van der Waals surface area contributed by atoms with Crippen molar-refractivity contribution in [3.63, 3.8) is 0 Å². The zero-order valence-electron chi connectivity index (χ0n) is 14.5. The fourth-order valence-corrected chi connectivity index (χ4v) is 2.96. The molecule has 0 aliphatic carbocycles. The van der Waals surface area contributed by atoms with Crippen molar-refractivity contribution in [2.24, 2.45) is 0 Å². The van der Waals surface area contributed by atoms with E-state index in [0.717, 1.165) is 12.1 Å². The van der Waals surface area contributed by atoms with Crippen LogP contribution in [0.5, 0.6) is 5.75 Å². The molecule has 0 N–H and O–H groups in total. The van der Waals surface area contributed by atoms with Crippen molar-refractivity contribution in [2.75, 3.05) is 18.1 Å². The monoisotopic (exact) mass is 411 g/mol. The first-order valence-electron chi connectivity index (χ1n) is 8.14. The molecule has 0 unspecified atom stereocenters. The summed E-state index contributed by atoms with van der Waals surface area (Å²) in [5.74, 6) is -1.36. The third-order valence-corrected chi connectivity index (χ3v) is 4.30. The lowest BCUT2D eigenvalue weighted by atomic mass is 10.1. The zero-order valence-corrected chi connectivity index (χ0v) is 14.5. The maximum absolute atomic E-state index is 13.2. The number of halogens is 3. The summed E-state index contributed by atoms with van der Waals surface area (Å²) in [6, 6.07) is 5.93. The van der Waals surface area contributed by atoms with E-state index in [9.17, 15) is 38.2 Å². The van der Waals surface area contributed by atoms with Crippen molar-refractivity contribution in [3.8, 4) is 5.75 Å². The molecule has 1 heterocycles. The number of fused-ring (bicyclic) bond motifs is 1. The first-order chi connectivity index (χ1) is 13.6. The van der Waals surface area contributed by atoms with Gasteiger partial charge in [0.25, 0.3) is 17.3 Å². The SMILES string of the molecule is O=C(COc1ccc([N+](=O)[O-])cc1C(F)(F)F)N1CCc2cc([N+](=O)[O-])ccc21. The number of ether oxygens (including phenoxy) is 1. The van der Waals surface area contributed by atoms with E-state index >= 15 is 0 Å². The molecule has 3 rings (SSSR count). The summed E-state index contributed by atoms with van der Waals surface area (Å²) >= 11 is 0. The minimum absolute atomic E-state index is 0.130. The van der Waals surface area contributed by atoms with Crippen LogP contribution in [-0.4, -0.2) is 28.9 Å². The van der Waals surface area contributed by atoms with Gasteiger partial charge >= 0.3 is 6.18 Å². The molecular weight excluding hydrogens is 399 g/mol. The number of benzene rings is 2. The number of nitro groups is 2. The largest absolute Gasteiger partial charge is 0.483 e. The van der Waals surface area contributed by atoms with Crippen LogP contribution in [0.2, 0.25) is 0 Å². The summed E-state index contributed by atoms with van der Waals surface area (Å²) in [4.78, 5) is 33.7. The quantitative estimate of drug-likeness (QED) is 0.549. The average molecular weight is 411 g/mol. The Morgan fingerprint density at radius 3 is 2.31 bits per heavy atom. The minimum Gasteiger partial charge on any atom is -0.483 e. The second kappa shape index (κ2) is 7.37. The van der Waals surface area contributed by atoms with Gasteiger partial charge in [-0.25, -0.2) is 0 Å². The Bertz CT molecular complexity index is 1010. The maximum Gasteiger partial charge on any atom is 0.420 e. The first kappa shape index (κ1) is 20.0. The molecule has 1 aliphatic heterocycles. The normalized spacial score (nSPS) is 13.1. The lowest BCUT2D eigenvalue weighted by Gasteiger charge is -2.19. The van der Waals surface area contributed by atoms with E-state index in [2.05, 4.69) is 0 Å². The molecule has 12 heteroatoms. The highest BCUT2D eigenvalue weighted by atomic mass is 19.4. The molecule has 0 saturated carbocycles. The Kier molecular flexibility index (Phi) is 5.10. The Morgan fingerprint density at radius 2 is 1.69 bits per heavy atom. The van der Waals surface area contributed by atoms with E-state index in [1.807, 2.05) is 0 Å². The van der Waals surface area contributed by atoms with Gasteiger partial charge in [-0.1, -0.05) is 0 Å². The van der Waals surface area contributed by atoms with Crippen LogP contribution in [0.1, 0.15) is 11.1 Å². The molecule has 29 heavy (non-hydrogen) atoms. The van der Waals surface area contributed by atoms with E-state index in [1.165, 1.54) is 23.1 Å². The zero-order chi connectivity index (χ0) is 21.3. The number of carbonyl (C=O) groups is 1. The molecule has 0 spiro atoms. The number of alkyl halides is 3. The Labute approximate surface area is 160 Å². The lowest BCUT2D eigenvalue weighted by Crippen LogP contribution is -2.33. The highest BCUT2D eigenvalue weighted by molar-refractivity contribution is 5.96. The van der Waals surface area contributed by atoms with Crippen LogP contribution in [0, 0.1) is 20.2 Å². The fourth-order valence-electron chi connectivity index (χ4n) is 2.96. The van der Waals surface area contributed by atoms with Crippen LogP contribution in [0.15, 0.2) is 36.4 Å². The standard InChI is InChI=1S/C17H12F3N3O6/c18-17(19,20)13-8-12(23(27)28)2-4-15(13)29-9-16(24)21-6-5-10-7-11(22(25)26)1-3-14(10)21/h1-4,7-8H,5-6,9H2. The highest BCUT2D eigenvalue weighted by Gasteiger charge is 2.36. The number of nitrogens with zero attached hydrogens (tertiary/aromatic N) is 3. The summed E-state index contributed by atoms with van der Waals surface area (Å²) < 4.78 is 44.5. The highest BCUT2D eigenvalue weighted by Crippen LogP contribution is 2.38. The van der Waals surface area contributed by atoms with Crippen molar-refractivity contribution in [2.45, 2.75) is 12.6 Å². The number of hydrogen-bond acceptors (Lipinski definition) is 6. The third kappa shape index (κ3) is 4.10. The number of amides is 1. The molecule has 0 fully saturated rings. The third-order valence-electron chi connectivity index (χ3n) is 4.30. The van der Waals surface area contributed by atoms with Crippen LogP contribution in [0.25, 0.3) is 0 Å². The van der Waals surface area contributed by atoms with Crippen molar-refractivity contribution < 1.29 is 32.5 Å². The topological polar surface area (TPSA) is 116 Å². The van der Waals surface area contributed by atoms with Crippen LogP contribution < -0.4 is 9.64 Å². The number of rotatable bonds is 5. The summed E-state index contributed by atoms with van der Waals surface area (Å²) in [7, 11) is 0. The molecule has 2 aromatic carbocycles. The van der Waals surface area contributed by atoms with Gasteiger partial charge in [0.2, 0.25) is 0 Å². The van der Waals surface area contributed by atoms with Crippen molar-refractivity contribution in [1.82, 2.24) is 0 Å². The van der Waals surface area contributed by atoms with Gasteiger partial charge in [0.05, 0.1) is 9.85 Å². The van der Waals surface area contributed by atoms with Gasteiger partial charge < -0.3 is 9.64 Å². The second-order valence-electron chi connectivity index (χ2n) is 6.09. The second-order valence-corrected chi connectivity index (χ2v) is 6.09. The van der Waals surface area contributed by atoms with Crippen molar-refractivity contribution in [3.05, 3.63) is 67.8 Å². The Hall–Kier alpha value is -3.70. The Balaban J connectivity index is 1.77. The lowest BCUT2D eigenvalue weighted by molar-refractivity contribution is -0.385. The maximum atomic E-state index is 13.2. The molecule has 9 nitrogen and oxygen atoms in total. The van der Waals surface area contributed by atoms with Gasteiger partial charge in [0.1, 0.15) is 11.3 Å². The molecule has 0 bridgehead atoms. The van der Waals surface area contributed by atoms with Gasteiger partial charge in [-0.2, -0.15) is 13.2 Å². The van der Waals surface area contributed by atoms with Gasteiger partial charge in [-0.3, -0.25) is 25.0 Å². The Morgan fingerprint density at radius 1 is 1.07 bits per heavy atom. The van der Waals surface area contributed by atoms with Crippen LogP contribution in [0.3, 0.4) is 0 Å². The van der Waals surface area contributed by atoms with Crippen molar-refractivity contribution in [1.29, 1.82) is 0 Å². The fraction of sp³-hybridized carbons (Fsp3) is 0.235. The van der Waals surface area contributed by atoms with E-state index in [4.69, 9.17) is 4.74 Å². The molecule has 0 atom stereocenters. The molecular formula is C17H12F3N3O6. The number of non-ortho nitro benzene ring substituents is 2. The van der Waals surface area contributed by atoms with Gasteiger partial charge in [-0.05, 0) is 24.1 Å². The number of hydrogen-bond donors (Lipinski definition) is 0. The molecule has 1 aliphatic rings. The average Bonchev–Trinajstić information content (AvgIpc) is 3.08. The van der Waals surface area contributed by atoms with E-state index in [-0.39, 0.29) is 12.2 Å². The molecule has 152 valence electrons. The summed E-state index contributed by atoms with van der Waals surface area (Å²) in [6.45, 7) is -0.539. The molecule has 1 amide bonds. The summed E-state index contributed by atoms with van der Waals surface area (Å²) in [5.41, 5.74) is -1.26. The number of carbonyl (C=O) groups excluding carboxylic acids is 1. The van der Waals surface area contributed by atoms with E-state index in [1.54, 1.807) is 0 Å². The van der Waals surface area contributed by atoms with Gasteiger partial charge in [0.15, 0.2) is 6.61 Å². The molecule has 2 aromatic rings. The molecule has 0 saturated heterocycles. The van der Waals surface area contributed by atoms with Gasteiger partial charge in [0, 0.05) is 36.5 Å². The van der Waals surface area contributed by atoms with Crippen LogP contribution in [0.4, 0.5) is 30.2 Å². The molecule has 0 radical (unpaired) electrons. The van der Waals surface area contributed by atoms with E-state index in [0.29, 0.717) is 23.7 Å². The number of nitro benzene ring substituents is 2. The number of anilines is 1. The van der Waals surface area contributed by atoms with Crippen LogP contribution >= 0.6 is 0 Å². The summed E-state index contributed by atoms with van der Waals surface area (Å²) in [5, 5.41) is 21.5. The predicted octanol–water partition coefficient (Wildman–Crippen LogP) is 3.49. The van der Waals surface area contributed by atoms with Gasteiger partial charge in [-0.15, -0.1) is 0 Å². The van der Waals surface area contributed by atoms with E-state index < -0.39 is 45.5 Å². The summed E-state index contributed by atoms with van der Waals surface area (Å²) in [6.07, 6.45) is -4.56. The predicted molar refractivity (Wildman–Crippen MR) is 92.7 cm³/mol. The smallest absolute Gasteiger partial charge is 0.420 e.